The smallest absolute Gasteiger partial charge is 0.102 e. The lowest BCUT2D eigenvalue weighted by Crippen LogP contribution is -2.21. The summed E-state index contributed by atoms with van der Waals surface area (Å²) in [5.74, 6) is 0. The molecule has 1 aromatic rings. The molecule has 0 aromatic carbocycles. The lowest BCUT2D eigenvalue weighted by atomic mass is 9.84. The molecule has 0 aliphatic rings. The third-order valence-corrected chi connectivity index (χ3v) is 2.17. The van der Waals surface area contributed by atoms with Crippen molar-refractivity contribution in [2.75, 3.05) is 7.11 Å². The zero-order valence-corrected chi connectivity index (χ0v) is 8.69. The molecule has 3 heteroatoms. The van der Waals surface area contributed by atoms with Crippen LogP contribution in [0.4, 0.5) is 0 Å². The van der Waals surface area contributed by atoms with Crippen LogP contribution in [0.25, 0.3) is 0 Å². The van der Waals surface area contributed by atoms with E-state index in [9.17, 15) is 0 Å². The first-order chi connectivity index (χ1) is 6.61. The largest absolute Gasteiger partial charge is 0.375 e. The van der Waals surface area contributed by atoms with Crippen LogP contribution < -0.4 is 0 Å². The lowest BCUT2D eigenvalue weighted by molar-refractivity contribution is 0.0336. The first-order valence-corrected chi connectivity index (χ1v) is 4.46. The summed E-state index contributed by atoms with van der Waals surface area (Å²) in [4.78, 5) is 4.01. The SMILES string of the molecule is COC(c1cccnc1)C(C)(C)C#N. The van der Waals surface area contributed by atoms with E-state index in [1.54, 1.807) is 19.5 Å². The Morgan fingerprint density at radius 1 is 1.57 bits per heavy atom. The van der Waals surface area contributed by atoms with E-state index in [1.807, 2.05) is 26.0 Å². The van der Waals surface area contributed by atoms with Gasteiger partial charge in [-0.15, -0.1) is 0 Å². The van der Waals surface area contributed by atoms with Gasteiger partial charge in [0.05, 0.1) is 11.5 Å². The fourth-order valence-electron chi connectivity index (χ4n) is 1.44. The van der Waals surface area contributed by atoms with Crippen molar-refractivity contribution >= 4 is 0 Å². The van der Waals surface area contributed by atoms with Gasteiger partial charge in [0.15, 0.2) is 0 Å². The average Bonchev–Trinajstić information content (AvgIpc) is 2.20. The van der Waals surface area contributed by atoms with Crippen molar-refractivity contribution in [3.8, 4) is 6.07 Å². The predicted octanol–water partition coefficient (Wildman–Crippen LogP) is 2.32. The fourth-order valence-corrected chi connectivity index (χ4v) is 1.44. The van der Waals surface area contributed by atoms with Crippen molar-refractivity contribution in [3.63, 3.8) is 0 Å². The van der Waals surface area contributed by atoms with Crippen molar-refractivity contribution in [2.24, 2.45) is 5.41 Å². The van der Waals surface area contributed by atoms with Gasteiger partial charge in [-0.1, -0.05) is 6.07 Å². The summed E-state index contributed by atoms with van der Waals surface area (Å²) in [6.07, 6.45) is 3.20. The summed E-state index contributed by atoms with van der Waals surface area (Å²) in [6, 6.07) is 6.00. The highest BCUT2D eigenvalue weighted by molar-refractivity contribution is 5.18. The molecule has 1 unspecified atom stereocenters. The molecule has 0 spiro atoms. The highest BCUT2D eigenvalue weighted by Gasteiger charge is 2.30. The third kappa shape index (κ3) is 2.09. The minimum atomic E-state index is -0.544. The van der Waals surface area contributed by atoms with Gasteiger partial charge in [0.2, 0.25) is 0 Å². The van der Waals surface area contributed by atoms with Crippen LogP contribution in [0, 0.1) is 16.7 Å². The standard InChI is InChI=1S/C11H14N2O/c1-11(2,8-12)10(14-3)9-5-4-6-13-7-9/h4-7,10H,1-3H3. The minimum absolute atomic E-state index is 0.235. The van der Waals surface area contributed by atoms with Crippen molar-refractivity contribution in [1.29, 1.82) is 5.26 Å². The lowest BCUT2D eigenvalue weighted by Gasteiger charge is -2.26. The van der Waals surface area contributed by atoms with Crippen LogP contribution >= 0.6 is 0 Å². The molecular weight excluding hydrogens is 176 g/mol. The van der Waals surface area contributed by atoms with Gasteiger partial charge in [0.1, 0.15) is 6.10 Å². The average molecular weight is 190 g/mol. The number of aromatic nitrogens is 1. The van der Waals surface area contributed by atoms with Crippen LogP contribution in [0.1, 0.15) is 25.5 Å². The fraction of sp³-hybridized carbons (Fsp3) is 0.455. The van der Waals surface area contributed by atoms with E-state index in [4.69, 9.17) is 10.00 Å². The van der Waals surface area contributed by atoms with Gasteiger partial charge in [-0.2, -0.15) is 5.26 Å². The van der Waals surface area contributed by atoms with E-state index in [2.05, 4.69) is 11.1 Å². The Kier molecular flexibility index (Phi) is 3.21. The molecule has 1 aromatic heterocycles. The number of methoxy groups -OCH3 is 1. The summed E-state index contributed by atoms with van der Waals surface area (Å²) in [6.45, 7) is 3.71. The number of ether oxygens (including phenoxy) is 1. The first kappa shape index (κ1) is 10.7. The molecule has 0 saturated carbocycles. The highest BCUT2D eigenvalue weighted by Crippen LogP contribution is 2.34. The van der Waals surface area contributed by atoms with Crippen molar-refractivity contribution < 1.29 is 4.74 Å². The Morgan fingerprint density at radius 3 is 2.71 bits per heavy atom. The predicted molar refractivity (Wildman–Crippen MR) is 53.4 cm³/mol. The van der Waals surface area contributed by atoms with E-state index in [1.165, 1.54) is 0 Å². The summed E-state index contributed by atoms with van der Waals surface area (Å²) in [5, 5.41) is 9.01. The molecule has 1 atom stereocenters. The Balaban J connectivity index is 3.01. The second-order valence-electron chi connectivity index (χ2n) is 3.74. The molecule has 1 heterocycles. The summed E-state index contributed by atoms with van der Waals surface area (Å²) in [5.41, 5.74) is 0.388. The van der Waals surface area contributed by atoms with Crippen LogP contribution in [-0.2, 0) is 4.74 Å². The molecular formula is C11H14N2O. The maximum absolute atomic E-state index is 9.01. The van der Waals surface area contributed by atoms with Gasteiger partial charge in [-0.3, -0.25) is 4.98 Å². The molecule has 0 bridgehead atoms. The topological polar surface area (TPSA) is 45.9 Å². The van der Waals surface area contributed by atoms with Crippen LogP contribution in [-0.4, -0.2) is 12.1 Å². The van der Waals surface area contributed by atoms with E-state index < -0.39 is 5.41 Å². The number of pyridine rings is 1. The number of nitriles is 1. The monoisotopic (exact) mass is 190 g/mol. The second-order valence-corrected chi connectivity index (χ2v) is 3.74. The zero-order chi connectivity index (χ0) is 10.6. The number of nitrogens with zero attached hydrogens (tertiary/aromatic N) is 2. The zero-order valence-electron chi connectivity index (χ0n) is 8.69. The van der Waals surface area contributed by atoms with E-state index in [0.29, 0.717) is 0 Å². The molecule has 0 fully saturated rings. The number of rotatable bonds is 3. The Hall–Kier alpha value is -1.40. The van der Waals surface area contributed by atoms with Crippen molar-refractivity contribution in [2.45, 2.75) is 20.0 Å². The van der Waals surface area contributed by atoms with E-state index in [0.717, 1.165) is 5.56 Å². The van der Waals surface area contributed by atoms with Gasteiger partial charge < -0.3 is 4.74 Å². The van der Waals surface area contributed by atoms with E-state index in [-0.39, 0.29) is 6.10 Å². The molecule has 0 amide bonds. The highest BCUT2D eigenvalue weighted by atomic mass is 16.5. The molecule has 0 aliphatic heterocycles. The van der Waals surface area contributed by atoms with Gasteiger partial charge in [-0.05, 0) is 19.9 Å². The summed E-state index contributed by atoms with van der Waals surface area (Å²) >= 11 is 0. The molecule has 14 heavy (non-hydrogen) atoms. The van der Waals surface area contributed by atoms with Gasteiger partial charge in [0.25, 0.3) is 0 Å². The van der Waals surface area contributed by atoms with Gasteiger partial charge >= 0.3 is 0 Å². The second kappa shape index (κ2) is 4.21. The maximum atomic E-state index is 9.01. The van der Waals surface area contributed by atoms with Gasteiger partial charge in [0, 0.05) is 25.1 Å². The Morgan fingerprint density at radius 2 is 2.29 bits per heavy atom. The number of hydrogen-bond acceptors (Lipinski definition) is 3. The molecule has 0 N–H and O–H groups in total. The molecule has 0 saturated heterocycles. The Labute approximate surface area is 84.3 Å². The molecule has 1 rings (SSSR count). The van der Waals surface area contributed by atoms with Crippen LogP contribution in [0.2, 0.25) is 0 Å². The molecule has 0 aliphatic carbocycles. The molecule has 3 nitrogen and oxygen atoms in total. The van der Waals surface area contributed by atoms with Crippen LogP contribution in [0.3, 0.4) is 0 Å². The summed E-state index contributed by atoms with van der Waals surface area (Å²) < 4.78 is 5.33. The third-order valence-electron chi connectivity index (χ3n) is 2.17. The van der Waals surface area contributed by atoms with Crippen LogP contribution in [0.5, 0.6) is 0 Å². The molecule has 0 radical (unpaired) electrons. The Bertz CT molecular complexity index is 327. The first-order valence-electron chi connectivity index (χ1n) is 4.46. The summed E-state index contributed by atoms with van der Waals surface area (Å²) in [7, 11) is 1.61. The van der Waals surface area contributed by atoms with Gasteiger partial charge in [-0.25, -0.2) is 0 Å². The quantitative estimate of drug-likeness (QED) is 0.734. The van der Waals surface area contributed by atoms with Crippen LogP contribution in [0.15, 0.2) is 24.5 Å². The van der Waals surface area contributed by atoms with E-state index >= 15 is 0 Å². The van der Waals surface area contributed by atoms with Crippen molar-refractivity contribution in [1.82, 2.24) is 4.98 Å². The van der Waals surface area contributed by atoms with Crippen molar-refractivity contribution in [3.05, 3.63) is 30.1 Å². The number of hydrogen-bond donors (Lipinski definition) is 0. The maximum Gasteiger partial charge on any atom is 0.102 e. The molecule has 74 valence electrons. The minimum Gasteiger partial charge on any atom is -0.375 e. The normalized spacial score (nSPS) is 13.3.